The Kier molecular flexibility index (Phi) is 3.04. The lowest BCUT2D eigenvalue weighted by atomic mass is 10.1. The van der Waals surface area contributed by atoms with Gasteiger partial charge in [-0.25, -0.2) is 0 Å². The lowest BCUT2D eigenvalue weighted by Gasteiger charge is -2.09. The van der Waals surface area contributed by atoms with Crippen LogP contribution < -0.4 is 11.1 Å². The van der Waals surface area contributed by atoms with E-state index in [2.05, 4.69) is 10.5 Å². The van der Waals surface area contributed by atoms with E-state index in [9.17, 15) is 0 Å². The van der Waals surface area contributed by atoms with Gasteiger partial charge < -0.3 is 15.6 Å². The van der Waals surface area contributed by atoms with Crippen molar-refractivity contribution in [3.63, 3.8) is 0 Å². The van der Waals surface area contributed by atoms with Gasteiger partial charge in [-0.05, 0) is 38.5 Å². The summed E-state index contributed by atoms with van der Waals surface area (Å²) < 4.78 is 5.11. The van der Waals surface area contributed by atoms with Gasteiger partial charge in [-0.15, -0.1) is 0 Å². The van der Waals surface area contributed by atoms with E-state index in [1.165, 1.54) is 0 Å². The van der Waals surface area contributed by atoms with Gasteiger partial charge in [-0.2, -0.15) is 0 Å². The summed E-state index contributed by atoms with van der Waals surface area (Å²) in [6, 6.07) is 5.98. The number of nitrogens with two attached hydrogens (primary N) is 1. The molecule has 0 spiro atoms. The number of anilines is 2. The SMILES string of the molecule is Cc1ccc(NCc2c(C)noc2C)c(N)c1. The van der Waals surface area contributed by atoms with Gasteiger partial charge in [0.1, 0.15) is 5.76 Å². The number of aryl methyl sites for hydroxylation is 3. The normalized spacial score (nSPS) is 10.5. The van der Waals surface area contributed by atoms with Crippen molar-refractivity contribution in [2.24, 2.45) is 0 Å². The van der Waals surface area contributed by atoms with Crippen LogP contribution in [0.4, 0.5) is 11.4 Å². The van der Waals surface area contributed by atoms with Crippen LogP contribution in [0.2, 0.25) is 0 Å². The Morgan fingerprint density at radius 2 is 2.06 bits per heavy atom. The third-order valence-electron chi connectivity index (χ3n) is 2.84. The summed E-state index contributed by atoms with van der Waals surface area (Å²) in [7, 11) is 0. The summed E-state index contributed by atoms with van der Waals surface area (Å²) in [6.45, 7) is 6.55. The second-order valence-corrected chi connectivity index (χ2v) is 4.25. The summed E-state index contributed by atoms with van der Waals surface area (Å²) in [5.41, 5.74) is 10.8. The molecule has 0 atom stereocenters. The summed E-state index contributed by atoms with van der Waals surface area (Å²) in [4.78, 5) is 0. The van der Waals surface area contributed by atoms with Crippen LogP contribution >= 0.6 is 0 Å². The van der Waals surface area contributed by atoms with E-state index in [1.54, 1.807) is 0 Å². The van der Waals surface area contributed by atoms with Gasteiger partial charge in [-0.1, -0.05) is 11.2 Å². The summed E-state index contributed by atoms with van der Waals surface area (Å²) >= 11 is 0. The highest BCUT2D eigenvalue weighted by atomic mass is 16.5. The fraction of sp³-hybridized carbons (Fsp3) is 0.308. The molecule has 0 bridgehead atoms. The largest absolute Gasteiger partial charge is 0.397 e. The molecule has 0 aliphatic heterocycles. The van der Waals surface area contributed by atoms with Crippen molar-refractivity contribution in [1.29, 1.82) is 0 Å². The second-order valence-electron chi connectivity index (χ2n) is 4.25. The van der Waals surface area contributed by atoms with Crippen LogP contribution in [0.25, 0.3) is 0 Å². The first-order valence-corrected chi connectivity index (χ1v) is 5.59. The standard InChI is InChI=1S/C13H17N3O/c1-8-4-5-13(12(14)6-8)15-7-11-9(2)16-17-10(11)3/h4-6,15H,7,14H2,1-3H3. The lowest BCUT2D eigenvalue weighted by molar-refractivity contribution is 0.392. The van der Waals surface area contributed by atoms with Gasteiger partial charge in [0.05, 0.1) is 17.1 Å². The molecular formula is C13H17N3O. The minimum absolute atomic E-state index is 0.675. The molecule has 0 saturated carbocycles. The van der Waals surface area contributed by atoms with Crippen molar-refractivity contribution < 1.29 is 4.52 Å². The zero-order valence-corrected chi connectivity index (χ0v) is 10.4. The molecule has 3 N–H and O–H groups in total. The van der Waals surface area contributed by atoms with Crippen LogP contribution in [0, 0.1) is 20.8 Å². The summed E-state index contributed by atoms with van der Waals surface area (Å²) in [5, 5.41) is 7.22. The minimum Gasteiger partial charge on any atom is -0.397 e. The molecule has 0 aliphatic carbocycles. The highest BCUT2D eigenvalue weighted by Crippen LogP contribution is 2.21. The number of nitrogen functional groups attached to an aromatic ring is 1. The number of aromatic nitrogens is 1. The molecule has 0 fully saturated rings. The third kappa shape index (κ3) is 2.41. The van der Waals surface area contributed by atoms with Crippen molar-refractivity contribution in [2.45, 2.75) is 27.3 Å². The molecule has 0 radical (unpaired) electrons. The number of nitrogens with zero attached hydrogens (tertiary/aromatic N) is 1. The molecule has 1 aromatic heterocycles. The Balaban J connectivity index is 2.13. The zero-order chi connectivity index (χ0) is 12.4. The van der Waals surface area contributed by atoms with Crippen LogP contribution in [-0.2, 0) is 6.54 Å². The number of hydrogen-bond donors (Lipinski definition) is 2. The van der Waals surface area contributed by atoms with E-state index in [0.717, 1.165) is 34.0 Å². The Morgan fingerprint density at radius 1 is 1.29 bits per heavy atom. The molecule has 1 heterocycles. The first-order chi connectivity index (χ1) is 8.08. The van der Waals surface area contributed by atoms with Crippen LogP contribution in [0.15, 0.2) is 22.7 Å². The molecule has 17 heavy (non-hydrogen) atoms. The van der Waals surface area contributed by atoms with Crippen LogP contribution in [0.3, 0.4) is 0 Å². The van der Waals surface area contributed by atoms with Gasteiger partial charge in [0, 0.05) is 12.1 Å². The molecule has 0 aliphatic rings. The molecule has 2 aromatic rings. The van der Waals surface area contributed by atoms with Gasteiger partial charge in [0.25, 0.3) is 0 Å². The number of rotatable bonds is 3. The summed E-state index contributed by atoms with van der Waals surface area (Å²) in [6.07, 6.45) is 0. The highest BCUT2D eigenvalue weighted by Gasteiger charge is 2.08. The zero-order valence-electron chi connectivity index (χ0n) is 10.4. The maximum Gasteiger partial charge on any atom is 0.138 e. The number of hydrogen-bond acceptors (Lipinski definition) is 4. The Hall–Kier alpha value is -1.97. The monoisotopic (exact) mass is 231 g/mol. The molecule has 0 amide bonds. The Bertz CT molecular complexity index is 512. The fourth-order valence-electron chi connectivity index (χ4n) is 1.78. The molecule has 4 nitrogen and oxygen atoms in total. The number of benzene rings is 1. The minimum atomic E-state index is 0.675. The van der Waals surface area contributed by atoms with E-state index in [4.69, 9.17) is 10.3 Å². The molecule has 90 valence electrons. The molecule has 2 rings (SSSR count). The lowest BCUT2D eigenvalue weighted by Crippen LogP contribution is -2.04. The maximum absolute atomic E-state index is 5.94. The first kappa shape index (κ1) is 11.5. The molecule has 0 saturated heterocycles. The van der Waals surface area contributed by atoms with Gasteiger partial charge in [0.15, 0.2) is 0 Å². The van der Waals surface area contributed by atoms with Crippen molar-refractivity contribution in [1.82, 2.24) is 5.16 Å². The average molecular weight is 231 g/mol. The molecule has 0 unspecified atom stereocenters. The highest BCUT2D eigenvalue weighted by molar-refractivity contribution is 5.67. The van der Waals surface area contributed by atoms with Crippen molar-refractivity contribution in [3.8, 4) is 0 Å². The quantitative estimate of drug-likeness (QED) is 0.797. The molecule has 1 aromatic carbocycles. The van der Waals surface area contributed by atoms with E-state index < -0.39 is 0 Å². The van der Waals surface area contributed by atoms with E-state index in [1.807, 2.05) is 39.0 Å². The van der Waals surface area contributed by atoms with E-state index in [-0.39, 0.29) is 0 Å². The average Bonchev–Trinajstić information content (AvgIpc) is 2.58. The first-order valence-electron chi connectivity index (χ1n) is 5.59. The smallest absolute Gasteiger partial charge is 0.138 e. The fourth-order valence-corrected chi connectivity index (χ4v) is 1.78. The third-order valence-corrected chi connectivity index (χ3v) is 2.84. The predicted octanol–water partition coefficient (Wildman–Crippen LogP) is 2.79. The topological polar surface area (TPSA) is 64.1 Å². The second kappa shape index (κ2) is 4.49. The van der Waals surface area contributed by atoms with Crippen molar-refractivity contribution in [2.75, 3.05) is 11.1 Å². The van der Waals surface area contributed by atoms with Gasteiger partial charge >= 0.3 is 0 Å². The van der Waals surface area contributed by atoms with Gasteiger partial charge in [0.2, 0.25) is 0 Å². The van der Waals surface area contributed by atoms with E-state index >= 15 is 0 Å². The van der Waals surface area contributed by atoms with Crippen LogP contribution in [-0.4, -0.2) is 5.16 Å². The maximum atomic E-state index is 5.94. The van der Waals surface area contributed by atoms with Crippen LogP contribution in [0.1, 0.15) is 22.6 Å². The Morgan fingerprint density at radius 3 is 2.65 bits per heavy atom. The Labute approximate surface area is 101 Å². The summed E-state index contributed by atoms with van der Waals surface area (Å²) in [5.74, 6) is 0.848. The molecular weight excluding hydrogens is 214 g/mol. The van der Waals surface area contributed by atoms with Gasteiger partial charge in [-0.3, -0.25) is 0 Å². The number of nitrogens with one attached hydrogen (secondary N) is 1. The molecule has 4 heteroatoms. The van der Waals surface area contributed by atoms with Crippen LogP contribution in [0.5, 0.6) is 0 Å². The predicted molar refractivity (Wildman–Crippen MR) is 68.9 cm³/mol. The van der Waals surface area contributed by atoms with E-state index in [0.29, 0.717) is 6.54 Å². The van der Waals surface area contributed by atoms with Crippen molar-refractivity contribution >= 4 is 11.4 Å². The van der Waals surface area contributed by atoms with Crippen molar-refractivity contribution in [3.05, 3.63) is 40.8 Å².